The number of halogens is 3. The summed E-state index contributed by atoms with van der Waals surface area (Å²) in [6.45, 7) is 1.97. The van der Waals surface area contributed by atoms with Gasteiger partial charge in [-0.15, -0.1) is 0 Å². The maximum absolute atomic E-state index is 11.7. The zero-order valence-corrected chi connectivity index (χ0v) is 12.4. The van der Waals surface area contributed by atoms with E-state index in [0.29, 0.717) is 26.6 Å². The second-order valence-corrected chi connectivity index (χ2v) is 5.22. The van der Waals surface area contributed by atoms with Gasteiger partial charge in [0, 0.05) is 4.47 Å². The molecular weight excluding hydrogens is 327 g/mol. The van der Waals surface area contributed by atoms with Crippen LogP contribution < -0.4 is 11.1 Å². The Hall–Kier alpha value is -0.290. The molecule has 1 aromatic rings. The Labute approximate surface area is 119 Å². The molecule has 1 atom stereocenters. The van der Waals surface area contributed by atoms with Gasteiger partial charge in [0.25, 0.3) is 0 Å². The average Bonchev–Trinajstić information content (AvgIpc) is 2.30. The zero-order chi connectivity index (χ0) is 13.0. The number of hydrogen-bond donors (Lipinski definition) is 2. The predicted molar refractivity (Wildman–Crippen MR) is 75.7 cm³/mol. The Morgan fingerprint density at radius 1 is 1.47 bits per heavy atom. The molecule has 0 unspecified atom stereocenters. The summed E-state index contributed by atoms with van der Waals surface area (Å²) in [7, 11) is 0. The Kier molecular flexibility index (Phi) is 5.73. The van der Waals surface area contributed by atoms with Crippen molar-refractivity contribution >= 4 is 50.7 Å². The Morgan fingerprint density at radius 3 is 2.71 bits per heavy atom. The molecule has 17 heavy (non-hydrogen) atoms. The van der Waals surface area contributed by atoms with E-state index in [9.17, 15) is 4.79 Å². The molecule has 0 aliphatic heterocycles. The molecule has 3 nitrogen and oxygen atoms in total. The van der Waals surface area contributed by atoms with Gasteiger partial charge in [0.15, 0.2) is 0 Å². The molecule has 0 saturated carbocycles. The monoisotopic (exact) mass is 338 g/mol. The van der Waals surface area contributed by atoms with E-state index in [1.54, 1.807) is 12.1 Å². The van der Waals surface area contributed by atoms with Crippen LogP contribution in [-0.4, -0.2) is 11.9 Å². The van der Waals surface area contributed by atoms with Crippen molar-refractivity contribution in [3.63, 3.8) is 0 Å². The molecule has 0 saturated heterocycles. The Bertz CT molecular complexity index is 426. The largest absolute Gasteiger partial charge is 0.323 e. The number of rotatable bonds is 4. The Balaban J connectivity index is 2.82. The lowest BCUT2D eigenvalue weighted by atomic mass is 10.1. The maximum Gasteiger partial charge on any atom is 0.241 e. The molecule has 0 heterocycles. The van der Waals surface area contributed by atoms with Crippen molar-refractivity contribution < 1.29 is 4.79 Å². The number of benzene rings is 1. The van der Waals surface area contributed by atoms with Gasteiger partial charge in [0.2, 0.25) is 5.91 Å². The van der Waals surface area contributed by atoms with Crippen LogP contribution in [0.1, 0.15) is 19.8 Å². The van der Waals surface area contributed by atoms with Gasteiger partial charge < -0.3 is 11.1 Å². The minimum atomic E-state index is -0.529. The lowest BCUT2D eigenvalue weighted by molar-refractivity contribution is -0.117. The fourth-order valence-corrected chi connectivity index (χ4v) is 2.11. The Morgan fingerprint density at radius 2 is 2.12 bits per heavy atom. The minimum absolute atomic E-state index is 0.257. The van der Waals surface area contributed by atoms with Crippen LogP contribution in [0.4, 0.5) is 5.69 Å². The van der Waals surface area contributed by atoms with E-state index in [0.717, 1.165) is 6.42 Å². The minimum Gasteiger partial charge on any atom is -0.323 e. The standard InChI is InChI=1S/C11H13BrCl2N2O/c1-2-3-7(15)11(17)16-8-5-4-6(12)9(13)10(8)14/h4-5,7H,2-3,15H2,1H3,(H,16,17)/t7-/m1/s1. The highest BCUT2D eigenvalue weighted by molar-refractivity contribution is 9.10. The molecule has 0 radical (unpaired) electrons. The number of anilines is 1. The number of nitrogens with one attached hydrogen (secondary N) is 1. The van der Waals surface area contributed by atoms with Crippen molar-refractivity contribution in [3.05, 3.63) is 26.7 Å². The van der Waals surface area contributed by atoms with E-state index in [4.69, 9.17) is 28.9 Å². The van der Waals surface area contributed by atoms with E-state index >= 15 is 0 Å². The molecule has 0 aliphatic rings. The number of hydrogen-bond acceptors (Lipinski definition) is 2. The second-order valence-electron chi connectivity index (χ2n) is 3.61. The van der Waals surface area contributed by atoms with Crippen molar-refractivity contribution in [1.29, 1.82) is 0 Å². The first-order chi connectivity index (χ1) is 7.97. The van der Waals surface area contributed by atoms with E-state index in [1.807, 2.05) is 6.92 Å². The summed E-state index contributed by atoms with van der Waals surface area (Å²) in [5.41, 5.74) is 6.17. The predicted octanol–water partition coefficient (Wildman–Crippen LogP) is 3.82. The molecule has 0 spiro atoms. The molecule has 6 heteroatoms. The normalized spacial score (nSPS) is 12.3. The summed E-state index contributed by atoms with van der Waals surface area (Å²) in [5.74, 6) is -0.257. The molecule has 1 aromatic carbocycles. The van der Waals surface area contributed by atoms with Gasteiger partial charge in [0.05, 0.1) is 21.8 Å². The van der Waals surface area contributed by atoms with Crippen molar-refractivity contribution in [3.8, 4) is 0 Å². The first-order valence-corrected chi connectivity index (χ1v) is 6.72. The third kappa shape index (κ3) is 3.85. The maximum atomic E-state index is 11.7. The highest BCUT2D eigenvalue weighted by Gasteiger charge is 2.15. The lowest BCUT2D eigenvalue weighted by Gasteiger charge is -2.13. The summed E-state index contributed by atoms with van der Waals surface area (Å²) in [6.07, 6.45) is 1.48. The van der Waals surface area contributed by atoms with Crippen LogP contribution in [-0.2, 0) is 4.79 Å². The third-order valence-electron chi connectivity index (χ3n) is 2.23. The molecule has 1 amide bonds. The summed E-state index contributed by atoms with van der Waals surface area (Å²) in [5, 5.41) is 3.33. The number of nitrogens with two attached hydrogens (primary N) is 1. The van der Waals surface area contributed by atoms with Crippen LogP contribution in [0.15, 0.2) is 16.6 Å². The first-order valence-electron chi connectivity index (χ1n) is 5.17. The molecule has 0 aromatic heterocycles. The van der Waals surface area contributed by atoms with Crippen molar-refractivity contribution in [1.82, 2.24) is 0 Å². The summed E-state index contributed by atoms with van der Waals surface area (Å²) >= 11 is 15.2. The molecule has 94 valence electrons. The van der Waals surface area contributed by atoms with Crippen molar-refractivity contribution in [2.45, 2.75) is 25.8 Å². The molecule has 0 fully saturated rings. The van der Waals surface area contributed by atoms with Crippen LogP contribution in [0.5, 0.6) is 0 Å². The van der Waals surface area contributed by atoms with Crippen LogP contribution >= 0.6 is 39.1 Å². The van der Waals surface area contributed by atoms with E-state index < -0.39 is 6.04 Å². The van der Waals surface area contributed by atoms with E-state index in [2.05, 4.69) is 21.2 Å². The number of carbonyl (C=O) groups is 1. The van der Waals surface area contributed by atoms with Crippen LogP contribution in [0.2, 0.25) is 10.0 Å². The van der Waals surface area contributed by atoms with Crippen LogP contribution in [0.25, 0.3) is 0 Å². The van der Waals surface area contributed by atoms with Gasteiger partial charge in [-0.25, -0.2) is 0 Å². The molecule has 0 bridgehead atoms. The van der Waals surface area contributed by atoms with Gasteiger partial charge in [-0.2, -0.15) is 0 Å². The average molecular weight is 340 g/mol. The van der Waals surface area contributed by atoms with Crippen molar-refractivity contribution in [2.24, 2.45) is 5.73 Å². The van der Waals surface area contributed by atoms with E-state index in [1.165, 1.54) is 0 Å². The van der Waals surface area contributed by atoms with Gasteiger partial charge in [-0.1, -0.05) is 36.5 Å². The summed E-state index contributed by atoms with van der Waals surface area (Å²) < 4.78 is 0.681. The topological polar surface area (TPSA) is 55.1 Å². The molecule has 3 N–H and O–H groups in total. The highest BCUT2D eigenvalue weighted by atomic mass is 79.9. The molecule has 1 rings (SSSR count). The quantitative estimate of drug-likeness (QED) is 0.819. The second kappa shape index (κ2) is 6.59. The number of amides is 1. The zero-order valence-electron chi connectivity index (χ0n) is 9.27. The van der Waals surface area contributed by atoms with E-state index in [-0.39, 0.29) is 5.91 Å². The van der Waals surface area contributed by atoms with Crippen LogP contribution in [0.3, 0.4) is 0 Å². The molecule has 0 aliphatic carbocycles. The third-order valence-corrected chi connectivity index (χ3v) is 4.00. The SMILES string of the molecule is CCC[C@@H](N)C(=O)Nc1ccc(Br)c(Cl)c1Cl. The van der Waals surface area contributed by atoms with Gasteiger partial charge in [-0.3, -0.25) is 4.79 Å². The fourth-order valence-electron chi connectivity index (χ4n) is 1.29. The van der Waals surface area contributed by atoms with Crippen molar-refractivity contribution in [2.75, 3.05) is 5.32 Å². The number of carbonyl (C=O) groups excluding carboxylic acids is 1. The van der Waals surface area contributed by atoms with Gasteiger partial charge >= 0.3 is 0 Å². The van der Waals surface area contributed by atoms with Gasteiger partial charge in [-0.05, 0) is 34.5 Å². The van der Waals surface area contributed by atoms with Gasteiger partial charge in [0.1, 0.15) is 0 Å². The summed E-state index contributed by atoms with van der Waals surface area (Å²) in [6, 6.07) is 2.86. The fraction of sp³-hybridized carbons (Fsp3) is 0.364. The smallest absolute Gasteiger partial charge is 0.241 e. The molecular formula is C11H13BrCl2N2O. The first kappa shape index (κ1) is 14.8. The lowest BCUT2D eigenvalue weighted by Crippen LogP contribution is -2.35. The van der Waals surface area contributed by atoms with Crippen LogP contribution in [0, 0.1) is 0 Å². The summed E-state index contributed by atoms with van der Waals surface area (Å²) in [4.78, 5) is 11.7. The highest BCUT2D eigenvalue weighted by Crippen LogP contribution is 2.35.